The predicted octanol–water partition coefficient (Wildman–Crippen LogP) is 5.86. The van der Waals surface area contributed by atoms with Gasteiger partial charge >= 0.3 is 0 Å². The topological polar surface area (TPSA) is 6.48 Å². The molecule has 0 saturated carbocycles. The van der Waals surface area contributed by atoms with Crippen molar-refractivity contribution in [3.8, 4) is 0 Å². The standard InChI is InChI=1S/C11H15BrN2.C8H5BrS/c1-13-5-7-14(8-6-13)11-4-2-3-10(12)9-11;9-7-1-2-8-6(5-7)3-4-10-8/h2-4,9H,5-8H2,1H3;1-5H. The molecule has 1 aliphatic heterocycles. The molecule has 5 heteroatoms. The van der Waals surface area contributed by atoms with Crippen LogP contribution in [0.4, 0.5) is 5.69 Å². The van der Waals surface area contributed by atoms with Gasteiger partial charge in [-0.2, -0.15) is 0 Å². The van der Waals surface area contributed by atoms with Crippen molar-refractivity contribution in [1.29, 1.82) is 0 Å². The molecule has 2 heterocycles. The van der Waals surface area contributed by atoms with Crippen molar-refractivity contribution >= 4 is 59.0 Å². The Kier molecular flexibility index (Phi) is 6.33. The number of hydrogen-bond acceptors (Lipinski definition) is 3. The number of halogens is 2. The van der Waals surface area contributed by atoms with Gasteiger partial charge < -0.3 is 9.80 Å². The number of thiophene rings is 1. The molecule has 0 unspecified atom stereocenters. The fourth-order valence-corrected chi connectivity index (χ4v) is 4.21. The zero-order valence-corrected chi connectivity index (χ0v) is 17.6. The third kappa shape index (κ3) is 4.82. The van der Waals surface area contributed by atoms with Crippen LogP contribution in [0.1, 0.15) is 0 Å². The van der Waals surface area contributed by atoms with E-state index in [1.165, 1.54) is 15.8 Å². The van der Waals surface area contributed by atoms with Crippen LogP contribution in [0.15, 0.2) is 62.9 Å². The minimum Gasteiger partial charge on any atom is -0.369 e. The summed E-state index contributed by atoms with van der Waals surface area (Å²) >= 11 is 8.70. The van der Waals surface area contributed by atoms with Crippen molar-refractivity contribution < 1.29 is 0 Å². The summed E-state index contributed by atoms with van der Waals surface area (Å²) in [7, 11) is 2.18. The van der Waals surface area contributed by atoms with E-state index in [-0.39, 0.29) is 0 Å². The molecule has 0 amide bonds. The molecule has 0 atom stereocenters. The highest BCUT2D eigenvalue weighted by atomic mass is 79.9. The average Bonchev–Trinajstić information content (AvgIpc) is 3.03. The van der Waals surface area contributed by atoms with Crippen LogP contribution in [0.2, 0.25) is 0 Å². The third-order valence-electron chi connectivity index (χ3n) is 4.09. The molecule has 0 spiro atoms. The van der Waals surface area contributed by atoms with E-state index in [0.717, 1.165) is 35.1 Å². The van der Waals surface area contributed by atoms with E-state index in [0.29, 0.717) is 0 Å². The highest BCUT2D eigenvalue weighted by Crippen LogP contribution is 2.24. The SMILES string of the molecule is Brc1ccc2sccc2c1.CN1CCN(c2cccc(Br)c2)CC1. The molecule has 126 valence electrons. The van der Waals surface area contributed by atoms with Gasteiger partial charge in [0.25, 0.3) is 0 Å². The Labute approximate surface area is 164 Å². The molecule has 1 saturated heterocycles. The Hall–Kier alpha value is -0.880. The van der Waals surface area contributed by atoms with E-state index in [1.54, 1.807) is 11.3 Å². The smallest absolute Gasteiger partial charge is 0.0378 e. The van der Waals surface area contributed by atoms with Gasteiger partial charge in [-0.05, 0) is 60.3 Å². The number of piperazine rings is 1. The fraction of sp³-hybridized carbons (Fsp3) is 0.263. The second-order valence-corrected chi connectivity index (χ2v) is 8.65. The van der Waals surface area contributed by atoms with Gasteiger partial charge in [-0.3, -0.25) is 0 Å². The maximum absolute atomic E-state index is 3.50. The molecule has 2 nitrogen and oxygen atoms in total. The van der Waals surface area contributed by atoms with E-state index >= 15 is 0 Å². The third-order valence-corrected chi connectivity index (χ3v) is 5.98. The van der Waals surface area contributed by atoms with Crippen LogP contribution >= 0.6 is 43.2 Å². The van der Waals surface area contributed by atoms with Crippen LogP contribution < -0.4 is 4.90 Å². The van der Waals surface area contributed by atoms with E-state index in [2.05, 4.69) is 103 Å². The molecule has 2 aromatic carbocycles. The molecule has 24 heavy (non-hydrogen) atoms. The molecule has 1 aromatic heterocycles. The van der Waals surface area contributed by atoms with Gasteiger partial charge in [-0.25, -0.2) is 0 Å². The van der Waals surface area contributed by atoms with E-state index in [9.17, 15) is 0 Å². The number of likely N-dealkylation sites (N-methyl/N-ethyl adjacent to an activating group) is 1. The molecule has 3 aromatic rings. The first kappa shape index (κ1) is 17.9. The van der Waals surface area contributed by atoms with Gasteiger partial charge in [0.2, 0.25) is 0 Å². The molecular formula is C19H20Br2N2S. The van der Waals surface area contributed by atoms with Gasteiger partial charge in [-0.1, -0.05) is 37.9 Å². The minimum atomic E-state index is 1.13. The van der Waals surface area contributed by atoms with Crippen molar-refractivity contribution in [2.75, 3.05) is 38.1 Å². The second-order valence-electron chi connectivity index (χ2n) is 5.87. The number of fused-ring (bicyclic) bond motifs is 1. The quantitative estimate of drug-likeness (QED) is 0.441. The minimum absolute atomic E-state index is 1.13. The largest absolute Gasteiger partial charge is 0.369 e. The molecule has 0 aliphatic carbocycles. The lowest BCUT2D eigenvalue weighted by Gasteiger charge is -2.34. The first-order valence-electron chi connectivity index (χ1n) is 7.93. The Bertz CT molecular complexity index is 795. The summed E-state index contributed by atoms with van der Waals surface area (Å²) < 4.78 is 3.66. The number of hydrogen-bond donors (Lipinski definition) is 0. The van der Waals surface area contributed by atoms with Crippen molar-refractivity contribution in [1.82, 2.24) is 4.90 Å². The van der Waals surface area contributed by atoms with Crippen LogP contribution in [-0.2, 0) is 0 Å². The van der Waals surface area contributed by atoms with Crippen molar-refractivity contribution in [2.24, 2.45) is 0 Å². The maximum atomic E-state index is 3.50. The Morgan fingerprint density at radius 3 is 2.38 bits per heavy atom. The summed E-state index contributed by atoms with van der Waals surface area (Å²) in [5, 5.41) is 3.43. The van der Waals surface area contributed by atoms with Crippen LogP contribution in [0.3, 0.4) is 0 Å². The van der Waals surface area contributed by atoms with Crippen LogP contribution in [0, 0.1) is 0 Å². The van der Waals surface area contributed by atoms with Crippen LogP contribution in [-0.4, -0.2) is 38.1 Å². The Balaban J connectivity index is 0.000000149. The Morgan fingerprint density at radius 1 is 0.875 bits per heavy atom. The number of nitrogens with zero attached hydrogens (tertiary/aromatic N) is 2. The first-order chi connectivity index (χ1) is 11.6. The molecule has 0 radical (unpaired) electrons. The second kappa shape index (κ2) is 8.48. The molecule has 4 rings (SSSR count). The maximum Gasteiger partial charge on any atom is 0.0378 e. The highest BCUT2D eigenvalue weighted by molar-refractivity contribution is 9.10. The summed E-state index contributed by atoms with van der Waals surface area (Å²) in [6.45, 7) is 4.58. The summed E-state index contributed by atoms with van der Waals surface area (Å²) in [4.78, 5) is 4.80. The fourth-order valence-electron chi connectivity index (χ4n) is 2.67. The lowest BCUT2D eigenvalue weighted by atomic mass is 10.2. The van der Waals surface area contributed by atoms with Gasteiger partial charge in [0, 0.05) is 45.5 Å². The van der Waals surface area contributed by atoms with Crippen LogP contribution in [0.25, 0.3) is 10.1 Å². The summed E-state index contributed by atoms with van der Waals surface area (Å²) in [5.74, 6) is 0. The molecule has 1 fully saturated rings. The first-order valence-corrected chi connectivity index (χ1v) is 10.4. The van der Waals surface area contributed by atoms with Crippen molar-refractivity contribution in [2.45, 2.75) is 0 Å². The van der Waals surface area contributed by atoms with Gasteiger partial charge in [0.05, 0.1) is 0 Å². The lowest BCUT2D eigenvalue weighted by Crippen LogP contribution is -2.44. The summed E-state index contributed by atoms with van der Waals surface area (Å²) in [5.41, 5.74) is 1.33. The monoisotopic (exact) mass is 466 g/mol. The zero-order valence-electron chi connectivity index (χ0n) is 13.6. The zero-order chi connectivity index (χ0) is 16.9. The predicted molar refractivity (Wildman–Crippen MR) is 113 cm³/mol. The van der Waals surface area contributed by atoms with E-state index < -0.39 is 0 Å². The Morgan fingerprint density at radius 2 is 1.62 bits per heavy atom. The average molecular weight is 468 g/mol. The molecule has 1 aliphatic rings. The van der Waals surface area contributed by atoms with Gasteiger partial charge in [-0.15, -0.1) is 11.3 Å². The molecule has 0 N–H and O–H groups in total. The van der Waals surface area contributed by atoms with Crippen molar-refractivity contribution in [3.63, 3.8) is 0 Å². The normalized spacial score (nSPS) is 15.2. The van der Waals surface area contributed by atoms with Gasteiger partial charge in [0.15, 0.2) is 0 Å². The highest BCUT2D eigenvalue weighted by Gasteiger charge is 2.13. The van der Waals surface area contributed by atoms with Crippen LogP contribution in [0.5, 0.6) is 0 Å². The number of anilines is 1. The number of benzene rings is 2. The lowest BCUT2D eigenvalue weighted by molar-refractivity contribution is 0.313. The van der Waals surface area contributed by atoms with Gasteiger partial charge in [0.1, 0.15) is 0 Å². The molecular weight excluding hydrogens is 448 g/mol. The van der Waals surface area contributed by atoms with E-state index in [4.69, 9.17) is 0 Å². The summed E-state index contributed by atoms with van der Waals surface area (Å²) in [6.07, 6.45) is 0. The summed E-state index contributed by atoms with van der Waals surface area (Å²) in [6, 6.07) is 17.0. The van der Waals surface area contributed by atoms with Crippen molar-refractivity contribution in [3.05, 3.63) is 62.9 Å². The number of rotatable bonds is 1. The molecule has 0 bridgehead atoms. The van der Waals surface area contributed by atoms with E-state index in [1.807, 2.05) is 0 Å².